The van der Waals surface area contributed by atoms with Gasteiger partial charge in [0.15, 0.2) is 0 Å². The minimum atomic E-state index is -2.73. The lowest BCUT2D eigenvalue weighted by atomic mass is 10.1. The van der Waals surface area contributed by atoms with Gasteiger partial charge in [-0.05, 0) is 30.9 Å². The van der Waals surface area contributed by atoms with Crippen LogP contribution in [0.1, 0.15) is 47.7 Å². The summed E-state index contributed by atoms with van der Waals surface area (Å²) < 4.78 is 27.8. The van der Waals surface area contributed by atoms with E-state index in [1.807, 2.05) is 12.1 Å². The second-order valence-electron chi connectivity index (χ2n) is 7.90. The summed E-state index contributed by atoms with van der Waals surface area (Å²) in [7, 11) is 0. The van der Waals surface area contributed by atoms with Gasteiger partial charge in [0, 0.05) is 38.6 Å². The molecule has 29 heavy (non-hydrogen) atoms. The van der Waals surface area contributed by atoms with Crippen molar-refractivity contribution in [2.24, 2.45) is 0 Å². The van der Waals surface area contributed by atoms with Crippen molar-refractivity contribution >= 4 is 17.5 Å². The minimum absolute atomic E-state index is 0.0263. The highest BCUT2D eigenvalue weighted by molar-refractivity contribution is 6.32. The van der Waals surface area contributed by atoms with Gasteiger partial charge in [-0.15, -0.1) is 0 Å². The van der Waals surface area contributed by atoms with Crippen molar-refractivity contribution < 1.29 is 13.6 Å². The average Bonchev–Trinajstić information content (AvgIpc) is 3.47. The molecule has 2 fully saturated rings. The zero-order valence-corrected chi connectivity index (χ0v) is 17.2. The average molecular weight is 423 g/mol. The predicted octanol–water partition coefficient (Wildman–Crippen LogP) is 4.00. The number of rotatable bonds is 6. The summed E-state index contributed by atoms with van der Waals surface area (Å²) in [6, 6.07) is 8.32. The number of amides is 1. The van der Waals surface area contributed by atoms with Crippen molar-refractivity contribution in [3.63, 3.8) is 0 Å². The Morgan fingerprint density at radius 1 is 1.21 bits per heavy atom. The molecule has 2 aromatic rings. The van der Waals surface area contributed by atoms with E-state index in [0.717, 1.165) is 32.5 Å². The SMILES string of the molecule is Cc1ccccc1CN1CCN(C(=O)Cn2nc(C(F)F)c(Cl)c2C2CC2)CC1. The fourth-order valence-electron chi connectivity index (χ4n) is 3.89. The molecule has 4 rings (SSSR count). The lowest BCUT2D eigenvalue weighted by Crippen LogP contribution is -2.49. The van der Waals surface area contributed by atoms with E-state index in [9.17, 15) is 13.6 Å². The highest BCUT2D eigenvalue weighted by atomic mass is 35.5. The molecule has 0 unspecified atom stereocenters. The lowest BCUT2D eigenvalue weighted by Gasteiger charge is -2.35. The molecule has 1 aliphatic carbocycles. The van der Waals surface area contributed by atoms with Crippen LogP contribution in [-0.2, 0) is 17.9 Å². The largest absolute Gasteiger partial charge is 0.339 e. The number of alkyl halides is 2. The third-order valence-corrected chi connectivity index (χ3v) is 6.18. The fourth-order valence-corrected chi connectivity index (χ4v) is 4.26. The molecule has 0 spiro atoms. The smallest absolute Gasteiger partial charge is 0.283 e. The van der Waals surface area contributed by atoms with Crippen LogP contribution in [0.2, 0.25) is 5.02 Å². The Hall–Kier alpha value is -1.99. The molecule has 2 aliphatic rings. The molecule has 156 valence electrons. The van der Waals surface area contributed by atoms with Gasteiger partial charge in [-0.3, -0.25) is 14.4 Å². The number of carbonyl (C=O) groups excluding carboxylic acids is 1. The number of benzene rings is 1. The Bertz CT molecular complexity index is 889. The second kappa shape index (κ2) is 8.40. The maximum atomic E-state index is 13.2. The number of halogens is 3. The van der Waals surface area contributed by atoms with Gasteiger partial charge in [-0.1, -0.05) is 35.9 Å². The summed E-state index contributed by atoms with van der Waals surface area (Å²) in [5.74, 6) is 0.0451. The quantitative estimate of drug-likeness (QED) is 0.706. The van der Waals surface area contributed by atoms with Crippen LogP contribution in [0.25, 0.3) is 0 Å². The molecule has 1 aromatic carbocycles. The van der Waals surface area contributed by atoms with E-state index in [-0.39, 0.29) is 23.4 Å². The first-order valence-electron chi connectivity index (χ1n) is 10.0. The third kappa shape index (κ3) is 4.46. The van der Waals surface area contributed by atoms with E-state index in [2.05, 4.69) is 29.1 Å². The van der Waals surface area contributed by atoms with Crippen LogP contribution in [0, 0.1) is 6.92 Å². The molecule has 8 heteroatoms. The Morgan fingerprint density at radius 2 is 1.90 bits per heavy atom. The molecular weight excluding hydrogens is 398 g/mol. The van der Waals surface area contributed by atoms with Crippen molar-refractivity contribution in [1.29, 1.82) is 0 Å². The molecule has 1 aliphatic heterocycles. The number of nitrogens with zero attached hydrogens (tertiary/aromatic N) is 4. The molecule has 0 N–H and O–H groups in total. The highest BCUT2D eigenvalue weighted by Gasteiger charge is 2.35. The molecule has 2 heterocycles. The van der Waals surface area contributed by atoms with Gasteiger partial charge in [-0.2, -0.15) is 5.10 Å². The molecule has 5 nitrogen and oxygen atoms in total. The first-order chi connectivity index (χ1) is 13.9. The number of hydrogen-bond acceptors (Lipinski definition) is 3. The van der Waals surface area contributed by atoms with Crippen molar-refractivity contribution in [3.05, 3.63) is 51.8 Å². The maximum Gasteiger partial charge on any atom is 0.283 e. The minimum Gasteiger partial charge on any atom is -0.339 e. The molecule has 1 amide bonds. The topological polar surface area (TPSA) is 41.4 Å². The lowest BCUT2D eigenvalue weighted by molar-refractivity contribution is -0.133. The number of carbonyl (C=O) groups is 1. The van der Waals surface area contributed by atoms with E-state index in [1.165, 1.54) is 15.8 Å². The zero-order chi connectivity index (χ0) is 20.5. The van der Waals surface area contributed by atoms with E-state index >= 15 is 0 Å². The summed E-state index contributed by atoms with van der Waals surface area (Å²) in [5.41, 5.74) is 2.74. The first-order valence-corrected chi connectivity index (χ1v) is 10.4. The molecule has 1 aromatic heterocycles. The van der Waals surface area contributed by atoms with Gasteiger partial charge in [0.25, 0.3) is 6.43 Å². The van der Waals surface area contributed by atoms with Crippen molar-refractivity contribution in [1.82, 2.24) is 19.6 Å². The van der Waals surface area contributed by atoms with Gasteiger partial charge in [0.1, 0.15) is 12.2 Å². The van der Waals surface area contributed by atoms with Crippen LogP contribution in [0.4, 0.5) is 8.78 Å². The maximum absolute atomic E-state index is 13.2. The van der Waals surface area contributed by atoms with Crippen LogP contribution >= 0.6 is 11.6 Å². The predicted molar refractivity (Wildman–Crippen MR) is 107 cm³/mol. The van der Waals surface area contributed by atoms with Crippen LogP contribution in [0.3, 0.4) is 0 Å². The van der Waals surface area contributed by atoms with E-state index in [4.69, 9.17) is 11.6 Å². The van der Waals surface area contributed by atoms with Crippen molar-refractivity contribution in [2.75, 3.05) is 26.2 Å². The summed E-state index contributed by atoms with van der Waals surface area (Å²) in [5, 5.41) is 3.99. The summed E-state index contributed by atoms with van der Waals surface area (Å²) in [6.07, 6.45) is -0.930. The monoisotopic (exact) mass is 422 g/mol. The van der Waals surface area contributed by atoms with Crippen molar-refractivity contribution in [3.8, 4) is 0 Å². The van der Waals surface area contributed by atoms with E-state index < -0.39 is 12.1 Å². The van der Waals surface area contributed by atoms with Gasteiger partial charge >= 0.3 is 0 Å². The van der Waals surface area contributed by atoms with Gasteiger partial charge < -0.3 is 4.90 Å². The summed E-state index contributed by atoms with van der Waals surface area (Å²) in [4.78, 5) is 16.9. The third-order valence-electron chi connectivity index (χ3n) is 5.79. The fraction of sp³-hybridized carbons (Fsp3) is 0.524. The van der Waals surface area contributed by atoms with Crippen LogP contribution in [0.5, 0.6) is 0 Å². The zero-order valence-electron chi connectivity index (χ0n) is 16.5. The molecule has 0 bridgehead atoms. The Balaban J connectivity index is 1.37. The van der Waals surface area contributed by atoms with Crippen molar-refractivity contribution in [2.45, 2.75) is 45.2 Å². The Morgan fingerprint density at radius 3 is 2.52 bits per heavy atom. The van der Waals surface area contributed by atoms with Gasteiger partial charge in [-0.25, -0.2) is 8.78 Å². The number of hydrogen-bond donors (Lipinski definition) is 0. The van der Waals surface area contributed by atoms with Crippen LogP contribution in [0.15, 0.2) is 24.3 Å². The molecular formula is C21H25ClF2N4O. The first kappa shape index (κ1) is 20.3. The van der Waals surface area contributed by atoms with Gasteiger partial charge in [0.2, 0.25) is 5.91 Å². The molecule has 1 saturated heterocycles. The molecule has 0 radical (unpaired) electrons. The van der Waals surface area contributed by atoms with E-state index in [0.29, 0.717) is 18.8 Å². The van der Waals surface area contributed by atoms with Gasteiger partial charge in [0.05, 0.1) is 10.7 Å². The Kier molecular flexibility index (Phi) is 5.88. The summed E-state index contributed by atoms with van der Waals surface area (Å²) in [6.45, 7) is 5.77. The standard InChI is InChI=1S/C21H25ClF2N4O/c1-14-4-2-3-5-16(14)12-26-8-10-27(11-9-26)17(29)13-28-20(15-6-7-15)18(22)19(25-28)21(23)24/h2-5,15,21H,6-13H2,1H3. The number of aryl methyl sites for hydroxylation is 1. The van der Waals surface area contributed by atoms with Crippen LogP contribution in [-0.4, -0.2) is 51.7 Å². The normalized spacial score (nSPS) is 17.9. The Labute approximate surface area is 174 Å². The molecule has 0 atom stereocenters. The summed E-state index contributed by atoms with van der Waals surface area (Å²) >= 11 is 6.14. The van der Waals surface area contributed by atoms with E-state index in [1.54, 1.807) is 4.90 Å². The molecule has 1 saturated carbocycles. The van der Waals surface area contributed by atoms with Crippen LogP contribution < -0.4 is 0 Å². The second-order valence-corrected chi connectivity index (χ2v) is 8.28. The highest BCUT2D eigenvalue weighted by Crippen LogP contribution is 2.45. The number of aromatic nitrogens is 2. The number of piperazine rings is 1.